The minimum atomic E-state index is 0.0301. The van der Waals surface area contributed by atoms with Gasteiger partial charge in [-0.3, -0.25) is 9.59 Å². The Bertz CT molecular complexity index is 541. The van der Waals surface area contributed by atoms with Crippen LogP contribution in [0.3, 0.4) is 0 Å². The normalized spacial score (nSPS) is 15.6. The Morgan fingerprint density at radius 1 is 1.32 bits per heavy atom. The first-order valence-corrected chi connectivity index (χ1v) is 6.64. The van der Waals surface area contributed by atoms with Crippen LogP contribution in [0.15, 0.2) is 30.0 Å². The van der Waals surface area contributed by atoms with Crippen LogP contribution in [0.5, 0.6) is 0 Å². The Balaban J connectivity index is 2.47. The Kier molecular flexibility index (Phi) is 4.15. The maximum Gasteiger partial charge on any atom is 0.197 e. The van der Waals surface area contributed by atoms with E-state index < -0.39 is 0 Å². The van der Waals surface area contributed by atoms with Crippen molar-refractivity contribution in [3.05, 3.63) is 41.2 Å². The maximum absolute atomic E-state index is 11.9. The highest BCUT2D eigenvalue weighted by atomic mass is 16.5. The number of Topliss-reactive ketones (excluding diaryl/α,β-unsaturated/α-hetero) is 2. The molecule has 1 aliphatic carbocycles. The van der Waals surface area contributed by atoms with Crippen LogP contribution in [-0.2, 0) is 9.53 Å². The largest absolute Gasteiger partial charge is 0.490 e. The Morgan fingerprint density at radius 3 is 2.79 bits per heavy atom. The van der Waals surface area contributed by atoms with Crippen LogP contribution in [0, 0.1) is 0 Å². The van der Waals surface area contributed by atoms with Gasteiger partial charge in [0.25, 0.3) is 0 Å². The lowest BCUT2D eigenvalue weighted by Gasteiger charge is -2.19. The number of rotatable bonds is 4. The van der Waals surface area contributed by atoms with E-state index in [1.54, 1.807) is 13.0 Å². The van der Waals surface area contributed by atoms with Crippen molar-refractivity contribution in [1.82, 2.24) is 0 Å². The first-order chi connectivity index (χ1) is 9.13. The molecule has 0 radical (unpaired) electrons. The van der Waals surface area contributed by atoms with Crippen molar-refractivity contribution in [2.24, 2.45) is 0 Å². The summed E-state index contributed by atoms with van der Waals surface area (Å²) in [4.78, 5) is 23.4. The van der Waals surface area contributed by atoms with Gasteiger partial charge in [0.1, 0.15) is 0 Å². The van der Waals surface area contributed by atoms with Crippen LogP contribution in [0.2, 0.25) is 0 Å². The quantitative estimate of drug-likeness (QED) is 0.777. The van der Waals surface area contributed by atoms with E-state index in [4.69, 9.17) is 4.74 Å². The zero-order chi connectivity index (χ0) is 13.8. The lowest BCUT2D eigenvalue weighted by atomic mass is 9.90. The third-order valence-electron chi connectivity index (χ3n) is 3.26. The molecule has 19 heavy (non-hydrogen) atoms. The van der Waals surface area contributed by atoms with E-state index in [0.29, 0.717) is 24.4 Å². The highest BCUT2D eigenvalue weighted by Crippen LogP contribution is 2.31. The van der Waals surface area contributed by atoms with E-state index in [0.717, 1.165) is 24.0 Å². The van der Waals surface area contributed by atoms with Crippen LogP contribution in [0.1, 0.15) is 49.0 Å². The standard InChI is InChI=1S/C16H18O3/c1-3-19-16-14(8-5-9-15(16)18)13-7-4-6-12(10-13)11(2)17/h4,6-7,10H,3,5,8-9H2,1-2H3. The van der Waals surface area contributed by atoms with Gasteiger partial charge in [-0.05, 0) is 38.3 Å². The molecular weight excluding hydrogens is 240 g/mol. The van der Waals surface area contributed by atoms with Crippen molar-refractivity contribution < 1.29 is 14.3 Å². The molecule has 3 nitrogen and oxygen atoms in total. The number of carbonyl (C=O) groups excluding carboxylic acids is 2. The second-order valence-electron chi connectivity index (χ2n) is 4.65. The molecule has 0 fully saturated rings. The predicted octanol–water partition coefficient (Wildman–Crippen LogP) is 3.39. The second kappa shape index (κ2) is 5.83. The minimum absolute atomic E-state index is 0.0301. The molecule has 0 unspecified atom stereocenters. The first-order valence-electron chi connectivity index (χ1n) is 6.64. The van der Waals surface area contributed by atoms with Gasteiger partial charge in [-0.25, -0.2) is 0 Å². The van der Waals surface area contributed by atoms with Crippen LogP contribution in [-0.4, -0.2) is 18.2 Å². The fourth-order valence-electron chi connectivity index (χ4n) is 2.33. The van der Waals surface area contributed by atoms with Crippen LogP contribution >= 0.6 is 0 Å². The summed E-state index contributed by atoms with van der Waals surface area (Å²) in [5, 5.41) is 0. The first kappa shape index (κ1) is 13.5. The Morgan fingerprint density at radius 2 is 2.11 bits per heavy atom. The molecule has 1 aromatic carbocycles. The highest BCUT2D eigenvalue weighted by molar-refractivity contribution is 6.03. The molecule has 0 aliphatic heterocycles. The minimum Gasteiger partial charge on any atom is -0.490 e. The number of benzene rings is 1. The molecule has 3 heteroatoms. The summed E-state index contributed by atoms with van der Waals surface area (Å²) in [6, 6.07) is 7.41. The van der Waals surface area contributed by atoms with Crippen molar-refractivity contribution in [2.45, 2.75) is 33.1 Å². The molecule has 0 N–H and O–H groups in total. The third-order valence-corrected chi connectivity index (χ3v) is 3.26. The summed E-state index contributed by atoms with van der Waals surface area (Å²) < 4.78 is 5.51. The molecular formula is C16H18O3. The molecule has 1 aliphatic rings. The van der Waals surface area contributed by atoms with Crippen molar-refractivity contribution >= 4 is 17.1 Å². The summed E-state index contributed by atoms with van der Waals surface area (Å²) in [6.07, 6.45) is 2.21. The SMILES string of the molecule is CCOC1=C(c2cccc(C(C)=O)c2)CCCC1=O. The summed E-state index contributed by atoms with van der Waals surface area (Å²) in [5.41, 5.74) is 2.52. The third kappa shape index (κ3) is 2.92. The monoisotopic (exact) mass is 258 g/mol. The molecule has 0 amide bonds. The van der Waals surface area contributed by atoms with E-state index in [2.05, 4.69) is 0 Å². The number of allylic oxidation sites excluding steroid dienone is 2. The highest BCUT2D eigenvalue weighted by Gasteiger charge is 2.23. The van der Waals surface area contributed by atoms with E-state index in [9.17, 15) is 9.59 Å². The fourth-order valence-corrected chi connectivity index (χ4v) is 2.33. The number of hydrogen-bond donors (Lipinski definition) is 0. The number of ketones is 2. The van der Waals surface area contributed by atoms with E-state index >= 15 is 0 Å². The zero-order valence-corrected chi connectivity index (χ0v) is 11.4. The molecule has 0 bridgehead atoms. The molecule has 100 valence electrons. The van der Waals surface area contributed by atoms with E-state index in [1.165, 1.54) is 0 Å². The fraction of sp³-hybridized carbons (Fsp3) is 0.375. The lowest BCUT2D eigenvalue weighted by molar-refractivity contribution is -0.119. The molecule has 0 saturated carbocycles. The Labute approximate surface area is 113 Å². The summed E-state index contributed by atoms with van der Waals surface area (Å²) >= 11 is 0. The lowest BCUT2D eigenvalue weighted by Crippen LogP contribution is -2.14. The molecule has 0 saturated heterocycles. The second-order valence-corrected chi connectivity index (χ2v) is 4.65. The average Bonchev–Trinajstić information content (AvgIpc) is 2.41. The zero-order valence-electron chi connectivity index (χ0n) is 11.4. The molecule has 0 heterocycles. The van der Waals surface area contributed by atoms with Gasteiger partial charge in [0.2, 0.25) is 0 Å². The van der Waals surface area contributed by atoms with Gasteiger partial charge in [-0.1, -0.05) is 18.2 Å². The molecule has 1 aromatic rings. The van der Waals surface area contributed by atoms with Gasteiger partial charge in [0.05, 0.1) is 6.61 Å². The molecule has 0 atom stereocenters. The van der Waals surface area contributed by atoms with Crippen LogP contribution in [0.4, 0.5) is 0 Å². The predicted molar refractivity (Wildman–Crippen MR) is 73.9 cm³/mol. The van der Waals surface area contributed by atoms with E-state index in [1.807, 2.05) is 25.1 Å². The molecule has 2 rings (SSSR count). The van der Waals surface area contributed by atoms with Crippen LogP contribution in [0.25, 0.3) is 5.57 Å². The van der Waals surface area contributed by atoms with Gasteiger partial charge in [-0.2, -0.15) is 0 Å². The average molecular weight is 258 g/mol. The maximum atomic E-state index is 11.9. The van der Waals surface area contributed by atoms with Crippen molar-refractivity contribution in [1.29, 1.82) is 0 Å². The van der Waals surface area contributed by atoms with Crippen molar-refractivity contribution in [3.8, 4) is 0 Å². The number of carbonyl (C=O) groups is 2. The van der Waals surface area contributed by atoms with Gasteiger partial charge in [-0.15, -0.1) is 0 Å². The topological polar surface area (TPSA) is 43.4 Å². The van der Waals surface area contributed by atoms with Crippen LogP contribution < -0.4 is 0 Å². The van der Waals surface area contributed by atoms with Crippen molar-refractivity contribution in [3.63, 3.8) is 0 Å². The smallest absolute Gasteiger partial charge is 0.197 e. The van der Waals surface area contributed by atoms with Gasteiger partial charge in [0.15, 0.2) is 17.3 Å². The molecule has 0 aromatic heterocycles. The molecule has 0 spiro atoms. The Hall–Kier alpha value is -1.90. The van der Waals surface area contributed by atoms with Gasteiger partial charge < -0.3 is 4.74 Å². The summed E-state index contributed by atoms with van der Waals surface area (Å²) in [6.45, 7) is 3.90. The summed E-state index contributed by atoms with van der Waals surface area (Å²) in [5.74, 6) is 0.577. The van der Waals surface area contributed by atoms with Crippen molar-refractivity contribution in [2.75, 3.05) is 6.61 Å². The summed E-state index contributed by atoms with van der Waals surface area (Å²) in [7, 11) is 0. The number of hydrogen-bond acceptors (Lipinski definition) is 3. The van der Waals surface area contributed by atoms with Gasteiger partial charge >= 0.3 is 0 Å². The number of ether oxygens (including phenoxy) is 1. The van der Waals surface area contributed by atoms with E-state index in [-0.39, 0.29) is 11.6 Å². The van der Waals surface area contributed by atoms with Gasteiger partial charge in [0, 0.05) is 17.6 Å².